The molecule has 0 aromatic heterocycles. The molecule has 6 heteroatoms. The van der Waals surface area contributed by atoms with Crippen molar-refractivity contribution in [2.45, 2.75) is 31.8 Å². The van der Waals surface area contributed by atoms with Crippen LogP contribution in [0.5, 0.6) is 0 Å². The number of benzene rings is 1. The predicted molar refractivity (Wildman–Crippen MR) is 96.2 cm³/mol. The molecule has 1 amide bonds. The number of amides is 1. The second kappa shape index (κ2) is 6.13. The highest BCUT2D eigenvalue weighted by Gasteiger charge is 2.40. The summed E-state index contributed by atoms with van der Waals surface area (Å²) in [7, 11) is 3.54. The Bertz CT molecular complexity index is 697. The van der Waals surface area contributed by atoms with Gasteiger partial charge >= 0.3 is 0 Å². The normalized spacial score (nSPS) is 21.3. The molecule has 1 N–H and O–H groups in total. The van der Waals surface area contributed by atoms with Crippen molar-refractivity contribution in [1.29, 1.82) is 0 Å². The van der Waals surface area contributed by atoms with Crippen LogP contribution in [0, 0.1) is 0 Å². The average Bonchev–Trinajstić information content (AvgIpc) is 3.30. The number of halogens is 1. The molecular weight excluding hydrogens is 330 g/mol. The molecule has 23 heavy (non-hydrogen) atoms. The van der Waals surface area contributed by atoms with E-state index in [9.17, 15) is 4.79 Å². The van der Waals surface area contributed by atoms with E-state index in [0.29, 0.717) is 16.2 Å². The maximum Gasteiger partial charge on any atom is 0.253 e. The number of nitrogens with one attached hydrogen (secondary N) is 1. The van der Waals surface area contributed by atoms with E-state index < -0.39 is 0 Å². The highest BCUT2D eigenvalue weighted by molar-refractivity contribution is 7.80. The van der Waals surface area contributed by atoms with Crippen molar-refractivity contribution < 1.29 is 4.79 Å². The quantitative estimate of drug-likeness (QED) is 0.851. The summed E-state index contributed by atoms with van der Waals surface area (Å²) in [6, 6.07) is 7.71. The van der Waals surface area contributed by atoms with Crippen LogP contribution in [0.4, 0.5) is 0 Å². The molecule has 3 rings (SSSR count). The minimum atomic E-state index is -0.272. The van der Waals surface area contributed by atoms with Crippen LogP contribution in [0.1, 0.15) is 31.4 Å². The molecule has 0 bridgehead atoms. The lowest BCUT2D eigenvalue weighted by Gasteiger charge is -2.38. The molecule has 1 aliphatic heterocycles. The number of carbonyl (C=O) groups excluding carboxylic acids is 1. The van der Waals surface area contributed by atoms with Crippen molar-refractivity contribution in [1.82, 2.24) is 15.1 Å². The van der Waals surface area contributed by atoms with Crippen molar-refractivity contribution in [2.75, 3.05) is 14.1 Å². The molecule has 1 heterocycles. The third-order valence-corrected chi connectivity index (χ3v) is 4.81. The summed E-state index contributed by atoms with van der Waals surface area (Å²) in [4.78, 5) is 16.5. The first-order valence-corrected chi connectivity index (χ1v) is 8.46. The standard InChI is InChI=1S/C17H20ClN3OS/c1-10-14(16(22)20(2)3)15(11-5-4-6-12(18)9-11)19-17(23)21(10)13-7-8-13/h4-6,9,13,15H,7-8H2,1-3H3,(H,19,23). The van der Waals surface area contributed by atoms with Crippen LogP contribution in [0.25, 0.3) is 0 Å². The molecule has 1 aromatic carbocycles. The summed E-state index contributed by atoms with van der Waals surface area (Å²) < 4.78 is 0. The summed E-state index contributed by atoms with van der Waals surface area (Å²) in [5, 5.41) is 4.67. The van der Waals surface area contributed by atoms with Gasteiger partial charge in [0.2, 0.25) is 0 Å². The SMILES string of the molecule is CC1=C(C(=O)N(C)C)C(c2cccc(Cl)c2)NC(=S)N1C1CC1. The van der Waals surface area contributed by atoms with E-state index in [0.717, 1.165) is 29.7 Å². The van der Waals surface area contributed by atoms with Gasteiger partial charge in [-0.15, -0.1) is 0 Å². The van der Waals surface area contributed by atoms with Crippen LogP contribution in [0.15, 0.2) is 35.5 Å². The Morgan fingerprint density at radius 3 is 2.65 bits per heavy atom. The van der Waals surface area contributed by atoms with Gasteiger partial charge in [0, 0.05) is 30.9 Å². The number of hydrogen-bond acceptors (Lipinski definition) is 2. The average molecular weight is 350 g/mol. The van der Waals surface area contributed by atoms with Crippen LogP contribution < -0.4 is 5.32 Å². The Hall–Kier alpha value is -1.59. The van der Waals surface area contributed by atoms with Gasteiger partial charge in [0.15, 0.2) is 5.11 Å². The number of hydrogen-bond donors (Lipinski definition) is 1. The van der Waals surface area contributed by atoms with Gasteiger partial charge in [0.1, 0.15) is 0 Å². The Kier molecular flexibility index (Phi) is 4.34. The molecule has 1 atom stereocenters. The number of allylic oxidation sites excluding steroid dienone is 1. The van der Waals surface area contributed by atoms with Crippen molar-refractivity contribution in [3.63, 3.8) is 0 Å². The number of likely N-dealkylation sites (N-methyl/N-ethyl adjacent to an activating group) is 1. The Morgan fingerprint density at radius 1 is 1.39 bits per heavy atom. The van der Waals surface area contributed by atoms with E-state index in [4.69, 9.17) is 23.8 Å². The van der Waals surface area contributed by atoms with Gasteiger partial charge in [-0.3, -0.25) is 4.79 Å². The summed E-state index contributed by atoms with van der Waals surface area (Å²) >= 11 is 11.7. The maximum absolute atomic E-state index is 12.8. The van der Waals surface area contributed by atoms with Crippen LogP contribution in [-0.2, 0) is 4.79 Å². The summed E-state index contributed by atoms with van der Waals surface area (Å²) in [6.45, 7) is 1.99. The summed E-state index contributed by atoms with van der Waals surface area (Å²) in [6.07, 6.45) is 2.23. The van der Waals surface area contributed by atoms with Crippen LogP contribution in [0.2, 0.25) is 5.02 Å². The summed E-state index contributed by atoms with van der Waals surface area (Å²) in [5.41, 5.74) is 2.62. The van der Waals surface area contributed by atoms with E-state index >= 15 is 0 Å². The van der Waals surface area contributed by atoms with Crippen molar-refractivity contribution in [2.24, 2.45) is 0 Å². The molecule has 122 valence electrons. The van der Waals surface area contributed by atoms with Gasteiger partial charge in [-0.25, -0.2) is 0 Å². The van der Waals surface area contributed by atoms with Crippen molar-refractivity contribution in [3.05, 3.63) is 46.1 Å². The van der Waals surface area contributed by atoms with Gasteiger partial charge in [-0.2, -0.15) is 0 Å². The number of thiocarbonyl (C=S) groups is 1. The topological polar surface area (TPSA) is 35.6 Å². The highest BCUT2D eigenvalue weighted by Crippen LogP contribution is 2.38. The van der Waals surface area contributed by atoms with Crippen LogP contribution >= 0.6 is 23.8 Å². The summed E-state index contributed by atoms with van der Waals surface area (Å²) in [5.74, 6) is -0.00637. The van der Waals surface area contributed by atoms with Crippen molar-refractivity contribution in [3.8, 4) is 0 Å². The molecule has 0 spiro atoms. The third-order valence-electron chi connectivity index (χ3n) is 4.26. The number of nitrogens with zero attached hydrogens (tertiary/aromatic N) is 2. The minimum absolute atomic E-state index is 0.00637. The Morgan fingerprint density at radius 2 is 2.09 bits per heavy atom. The molecule has 4 nitrogen and oxygen atoms in total. The molecule has 0 radical (unpaired) electrons. The number of carbonyl (C=O) groups is 1. The fourth-order valence-corrected chi connectivity index (χ4v) is 3.59. The van der Waals surface area contributed by atoms with E-state index in [2.05, 4.69) is 10.2 Å². The fraction of sp³-hybridized carbons (Fsp3) is 0.412. The van der Waals surface area contributed by atoms with Crippen LogP contribution in [0.3, 0.4) is 0 Å². The maximum atomic E-state index is 12.8. The zero-order valence-electron chi connectivity index (χ0n) is 13.5. The monoisotopic (exact) mass is 349 g/mol. The molecule has 1 fully saturated rings. The molecule has 1 saturated carbocycles. The van der Waals surface area contributed by atoms with E-state index in [1.54, 1.807) is 19.0 Å². The number of rotatable bonds is 3. The van der Waals surface area contributed by atoms with Crippen molar-refractivity contribution >= 4 is 34.8 Å². The highest BCUT2D eigenvalue weighted by atomic mass is 35.5. The minimum Gasteiger partial charge on any atom is -0.351 e. The van der Waals surface area contributed by atoms with E-state index in [1.807, 2.05) is 31.2 Å². The van der Waals surface area contributed by atoms with Gasteiger partial charge < -0.3 is 15.1 Å². The molecular formula is C17H20ClN3OS. The first-order valence-electron chi connectivity index (χ1n) is 7.67. The zero-order chi connectivity index (χ0) is 16.7. The molecule has 1 aliphatic carbocycles. The first-order chi connectivity index (χ1) is 10.9. The fourth-order valence-electron chi connectivity index (χ4n) is 2.98. The largest absolute Gasteiger partial charge is 0.351 e. The third kappa shape index (κ3) is 3.08. The second-order valence-electron chi connectivity index (χ2n) is 6.24. The Balaban J connectivity index is 2.10. The molecule has 2 aliphatic rings. The van der Waals surface area contributed by atoms with Gasteiger partial charge in [-0.1, -0.05) is 23.7 Å². The lowest BCUT2D eigenvalue weighted by Crippen LogP contribution is -2.49. The Labute approximate surface area is 147 Å². The molecule has 0 saturated heterocycles. The smallest absolute Gasteiger partial charge is 0.253 e. The second-order valence-corrected chi connectivity index (χ2v) is 7.06. The van der Waals surface area contributed by atoms with Gasteiger partial charge in [0.05, 0.1) is 11.6 Å². The predicted octanol–water partition coefficient (Wildman–Crippen LogP) is 3.10. The van der Waals surface area contributed by atoms with Gasteiger partial charge in [0.25, 0.3) is 5.91 Å². The molecule has 1 unspecified atom stereocenters. The first kappa shape index (κ1) is 16.3. The van der Waals surface area contributed by atoms with E-state index in [1.165, 1.54) is 0 Å². The lowest BCUT2D eigenvalue weighted by atomic mass is 9.94. The van der Waals surface area contributed by atoms with Crippen LogP contribution in [-0.4, -0.2) is 41.0 Å². The zero-order valence-corrected chi connectivity index (χ0v) is 15.0. The van der Waals surface area contributed by atoms with E-state index in [-0.39, 0.29) is 11.9 Å². The molecule has 1 aromatic rings. The van der Waals surface area contributed by atoms with Gasteiger partial charge in [-0.05, 0) is 49.7 Å². The lowest BCUT2D eigenvalue weighted by molar-refractivity contribution is -0.125.